The number of ether oxygens (including phenoxy) is 1. The molecule has 4 nitrogen and oxygen atoms in total. The zero-order valence-electron chi connectivity index (χ0n) is 8.86. The van der Waals surface area contributed by atoms with Crippen molar-refractivity contribution in [1.29, 1.82) is 0 Å². The molecule has 84 valence electrons. The Labute approximate surface area is 87.1 Å². The molecule has 0 aromatic heterocycles. The van der Waals surface area contributed by atoms with Gasteiger partial charge in [-0.2, -0.15) is 0 Å². The van der Waals surface area contributed by atoms with Gasteiger partial charge in [0.2, 0.25) is 0 Å². The van der Waals surface area contributed by atoms with Gasteiger partial charge in [0.05, 0.1) is 6.42 Å². The fourth-order valence-electron chi connectivity index (χ4n) is 1.12. The second kappa shape index (κ2) is 6.95. The largest absolute Gasteiger partial charge is 0.481 e. The van der Waals surface area contributed by atoms with E-state index in [0.29, 0.717) is 13.0 Å². The molecule has 0 fully saturated rings. The van der Waals surface area contributed by atoms with Crippen LogP contribution in [0.15, 0.2) is 0 Å². The Kier molecular flexibility index (Phi) is 6.74. The van der Waals surface area contributed by atoms with Crippen LogP contribution in [0.2, 0.25) is 0 Å². The summed E-state index contributed by atoms with van der Waals surface area (Å²) in [6.07, 6.45) is 0.664. The molecule has 0 aromatic carbocycles. The number of carboxylic acids is 1. The molecule has 0 aliphatic heterocycles. The van der Waals surface area contributed by atoms with Gasteiger partial charge in [-0.15, -0.1) is 0 Å². The lowest BCUT2D eigenvalue weighted by atomic mass is 10.3. The van der Waals surface area contributed by atoms with Gasteiger partial charge in [-0.25, -0.2) is 0 Å². The minimum absolute atomic E-state index is 0.00991. The Bertz CT molecular complexity index is 205. The van der Waals surface area contributed by atoms with Gasteiger partial charge >= 0.3 is 5.97 Å². The molecule has 0 amide bonds. The molecule has 0 bridgehead atoms. The Morgan fingerprint density at radius 1 is 1.43 bits per heavy atom. The maximum Gasteiger partial charge on any atom is 0.304 e. The average Bonchev–Trinajstić information content (AvgIpc) is 2.11. The normalized spacial score (nSPS) is 17.4. The van der Waals surface area contributed by atoms with E-state index in [9.17, 15) is 9.00 Å². The minimum Gasteiger partial charge on any atom is -0.481 e. The first-order valence-electron chi connectivity index (χ1n) is 4.59. The van der Waals surface area contributed by atoms with Crippen molar-refractivity contribution in [3.63, 3.8) is 0 Å². The van der Waals surface area contributed by atoms with Crippen LogP contribution in [0.5, 0.6) is 0 Å². The highest BCUT2D eigenvalue weighted by Crippen LogP contribution is 2.10. The summed E-state index contributed by atoms with van der Waals surface area (Å²) in [5.41, 5.74) is 0. The van der Waals surface area contributed by atoms with E-state index >= 15 is 0 Å². The summed E-state index contributed by atoms with van der Waals surface area (Å²) in [4.78, 5) is 10.4. The van der Waals surface area contributed by atoms with Crippen molar-refractivity contribution < 1.29 is 18.8 Å². The number of carbonyl (C=O) groups is 1. The Hall–Kier alpha value is -0.420. The number of rotatable bonds is 7. The molecule has 0 radical (unpaired) electrons. The van der Waals surface area contributed by atoms with Crippen LogP contribution in [0, 0.1) is 0 Å². The van der Waals surface area contributed by atoms with Crippen LogP contribution in [0.3, 0.4) is 0 Å². The van der Waals surface area contributed by atoms with E-state index in [2.05, 4.69) is 0 Å². The number of hydrogen-bond acceptors (Lipinski definition) is 3. The minimum atomic E-state index is -1.09. The molecule has 0 heterocycles. The van der Waals surface area contributed by atoms with Crippen molar-refractivity contribution in [2.75, 3.05) is 13.7 Å². The fraction of sp³-hybridized carbons (Fsp3) is 0.889. The van der Waals surface area contributed by atoms with Crippen LogP contribution in [0.25, 0.3) is 0 Å². The smallest absolute Gasteiger partial charge is 0.304 e. The van der Waals surface area contributed by atoms with E-state index < -0.39 is 16.8 Å². The van der Waals surface area contributed by atoms with Gasteiger partial charge in [-0.1, -0.05) is 13.8 Å². The van der Waals surface area contributed by atoms with Gasteiger partial charge in [0, 0.05) is 35.0 Å². The third-order valence-corrected chi connectivity index (χ3v) is 3.97. The highest BCUT2D eigenvalue weighted by Gasteiger charge is 2.20. The molecule has 3 atom stereocenters. The Morgan fingerprint density at radius 3 is 2.43 bits per heavy atom. The van der Waals surface area contributed by atoms with E-state index in [1.165, 1.54) is 0 Å². The predicted molar refractivity (Wildman–Crippen MR) is 55.8 cm³/mol. The molecule has 0 spiro atoms. The molecule has 0 aromatic rings. The van der Waals surface area contributed by atoms with Crippen LogP contribution in [-0.4, -0.2) is 39.5 Å². The van der Waals surface area contributed by atoms with E-state index in [4.69, 9.17) is 9.84 Å². The molecule has 0 aliphatic carbocycles. The van der Waals surface area contributed by atoms with Crippen LogP contribution >= 0.6 is 0 Å². The topological polar surface area (TPSA) is 63.6 Å². The molecule has 5 heteroatoms. The van der Waals surface area contributed by atoms with Crippen LogP contribution in [0.4, 0.5) is 0 Å². The number of aliphatic carboxylic acids is 1. The Balaban J connectivity index is 3.97. The molecule has 0 rings (SSSR count). The van der Waals surface area contributed by atoms with Crippen molar-refractivity contribution in [2.45, 2.75) is 37.2 Å². The summed E-state index contributed by atoms with van der Waals surface area (Å²) in [6.45, 7) is 4.12. The van der Waals surface area contributed by atoms with Crippen molar-refractivity contribution in [1.82, 2.24) is 0 Å². The van der Waals surface area contributed by atoms with Crippen molar-refractivity contribution >= 4 is 16.8 Å². The summed E-state index contributed by atoms with van der Waals surface area (Å²) < 4.78 is 16.5. The van der Waals surface area contributed by atoms with Crippen molar-refractivity contribution in [2.24, 2.45) is 0 Å². The predicted octanol–water partition coefficient (Wildman–Crippen LogP) is 1.02. The van der Waals surface area contributed by atoms with Gasteiger partial charge in [0.25, 0.3) is 0 Å². The van der Waals surface area contributed by atoms with E-state index in [1.54, 1.807) is 14.0 Å². The van der Waals surface area contributed by atoms with E-state index in [1.807, 2.05) is 6.92 Å². The molecule has 0 saturated carbocycles. The highest BCUT2D eigenvalue weighted by molar-refractivity contribution is 7.86. The molecule has 3 unspecified atom stereocenters. The van der Waals surface area contributed by atoms with Crippen LogP contribution < -0.4 is 0 Å². The van der Waals surface area contributed by atoms with Crippen LogP contribution in [-0.2, 0) is 20.3 Å². The quantitative estimate of drug-likeness (QED) is 0.698. The number of hydrogen-bond donors (Lipinski definition) is 1. The number of methoxy groups -OCH3 is 1. The zero-order valence-corrected chi connectivity index (χ0v) is 9.67. The monoisotopic (exact) mass is 222 g/mol. The number of carboxylic acid groups (broad SMARTS) is 1. The standard InChI is InChI=1S/C9H18O4S/c1-7(4-5-13-3)14(12)8(2)6-9(10)11/h7-8H,4-6H2,1-3H3,(H,10,11). The van der Waals surface area contributed by atoms with Crippen molar-refractivity contribution in [3.8, 4) is 0 Å². The first-order valence-corrected chi connectivity index (χ1v) is 5.86. The zero-order chi connectivity index (χ0) is 11.1. The molecule has 1 N–H and O–H groups in total. The summed E-state index contributed by atoms with van der Waals surface area (Å²) in [7, 11) is 0.501. The van der Waals surface area contributed by atoms with Gasteiger partial charge in [0.15, 0.2) is 0 Å². The maximum atomic E-state index is 11.7. The molecule has 0 aliphatic rings. The molecular formula is C9H18O4S. The molecule has 0 saturated heterocycles. The fourth-order valence-corrected chi connectivity index (χ4v) is 2.55. The second-order valence-corrected chi connectivity index (χ2v) is 5.60. The average molecular weight is 222 g/mol. The maximum absolute atomic E-state index is 11.7. The van der Waals surface area contributed by atoms with Crippen molar-refractivity contribution in [3.05, 3.63) is 0 Å². The van der Waals surface area contributed by atoms with Gasteiger partial charge in [-0.3, -0.25) is 9.00 Å². The second-order valence-electron chi connectivity index (χ2n) is 3.33. The van der Waals surface area contributed by atoms with Gasteiger partial charge in [-0.05, 0) is 6.42 Å². The molecule has 14 heavy (non-hydrogen) atoms. The summed E-state index contributed by atoms with van der Waals surface area (Å²) in [5, 5.41) is 8.23. The third kappa shape index (κ3) is 5.34. The summed E-state index contributed by atoms with van der Waals surface area (Å²) in [6, 6.07) is 0. The first kappa shape index (κ1) is 13.6. The van der Waals surface area contributed by atoms with E-state index in [0.717, 1.165) is 0 Å². The SMILES string of the molecule is COCCC(C)S(=O)C(C)CC(=O)O. The lowest BCUT2D eigenvalue weighted by Gasteiger charge is -2.15. The lowest BCUT2D eigenvalue weighted by molar-refractivity contribution is -0.136. The summed E-state index contributed by atoms with van der Waals surface area (Å²) >= 11 is 0. The first-order chi connectivity index (χ1) is 6.49. The lowest BCUT2D eigenvalue weighted by Crippen LogP contribution is -2.24. The third-order valence-electron chi connectivity index (χ3n) is 1.98. The molecular weight excluding hydrogens is 204 g/mol. The van der Waals surface area contributed by atoms with Gasteiger partial charge in [0.1, 0.15) is 0 Å². The highest BCUT2D eigenvalue weighted by atomic mass is 32.2. The van der Waals surface area contributed by atoms with E-state index in [-0.39, 0.29) is 16.9 Å². The summed E-state index contributed by atoms with van der Waals surface area (Å²) in [5.74, 6) is -0.898. The van der Waals surface area contributed by atoms with Crippen LogP contribution in [0.1, 0.15) is 26.7 Å². The van der Waals surface area contributed by atoms with Gasteiger partial charge < -0.3 is 9.84 Å². The Morgan fingerprint density at radius 2 is 2.00 bits per heavy atom.